The zero-order valence-corrected chi connectivity index (χ0v) is 24.8. The summed E-state index contributed by atoms with van der Waals surface area (Å²) < 4.78 is 18.6. The molecular weight excluding hydrogens is 562 g/mol. The molecule has 0 aliphatic carbocycles. The molecule has 0 saturated carbocycles. The number of hydrogen-bond donors (Lipinski definition) is 4. The van der Waals surface area contributed by atoms with E-state index in [9.17, 15) is 14.7 Å². The lowest BCUT2D eigenvalue weighted by Crippen LogP contribution is -2.45. The Hall–Kier alpha value is -4.48. The van der Waals surface area contributed by atoms with E-state index < -0.39 is 24.3 Å². The van der Waals surface area contributed by atoms with Crippen molar-refractivity contribution in [2.75, 3.05) is 20.3 Å². The van der Waals surface area contributed by atoms with Crippen LogP contribution >= 0.6 is 11.6 Å². The quantitative estimate of drug-likeness (QED) is 0.112. The summed E-state index contributed by atoms with van der Waals surface area (Å²) in [6, 6.07) is 13.4. The fourth-order valence-electron chi connectivity index (χ4n) is 4.75. The first-order chi connectivity index (χ1) is 20.1. The molecule has 1 aliphatic rings. The van der Waals surface area contributed by atoms with Gasteiger partial charge in [-0.15, -0.1) is 0 Å². The van der Waals surface area contributed by atoms with Gasteiger partial charge in [0, 0.05) is 33.4 Å². The van der Waals surface area contributed by atoms with E-state index in [0.29, 0.717) is 34.4 Å². The molecule has 2 heterocycles. The average molecular weight is 596 g/mol. The number of carbonyl (C=O) groups excluding carboxylic acids is 2. The molecule has 1 aliphatic heterocycles. The summed E-state index contributed by atoms with van der Waals surface area (Å²) in [6.07, 6.45) is 0.515. The van der Waals surface area contributed by atoms with Gasteiger partial charge in [0.25, 0.3) is 0 Å². The van der Waals surface area contributed by atoms with Gasteiger partial charge >= 0.3 is 12.0 Å². The highest BCUT2D eigenvalue weighted by Gasteiger charge is 2.32. The predicted molar refractivity (Wildman–Crippen MR) is 159 cm³/mol. The number of esters is 1. The minimum absolute atomic E-state index is 0.130. The molecule has 42 heavy (non-hydrogen) atoms. The number of aliphatic hydroxyl groups is 1. The highest BCUT2D eigenvalue weighted by molar-refractivity contribution is 6.30. The third kappa shape index (κ3) is 6.87. The number of ether oxygens (including phenoxy) is 3. The maximum absolute atomic E-state index is 12.4. The van der Waals surface area contributed by atoms with Crippen molar-refractivity contribution in [3.63, 3.8) is 0 Å². The Kier molecular flexibility index (Phi) is 9.76. The Morgan fingerprint density at radius 3 is 2.67 bits per heavy atom. The number of carbonyl (C=O) groups is 2. The van der Waals surface area contributed by atoms with Gasteiger partial charge in [-0.2, -0.15) is 5.10 Å². The Morgan fingerprint density at radius 2 is 1.95 bits per heavy atom. The monoisotopic (exact) mass is 595 g/mol. The smallest absolute Gasteiger partial charge is 0.337 e. The number of urea groups is 1. The van der Waals surface area contributed by atoms with Crippen LogP contribution in [0.1, 0.15) is 42.4 Å². The van der Waals surface area contributed by atoms with Gasteiger partial charge in [-0.05, 0) is 69.7 Å². The number of amides is 2. The van der Waals surface area contributed by atoms with Crippen molar-refractivity contribution in [1.29, 1.82) is 0 Å². The first kappa shape index (κ1) is 30.5. The zero-order chi connectivity index (χ0) is 30.4. The standard InChI is InChI=1S/C30H34ClN5O6/c1-6-41-25-13-20(28-27(29(38)40-5)18(3)33-30(39)34-28)10-11-24(25)42-16-26(37)35-32-15-21-12-17(2)36(19(21)4)23-9-7-8-22(31)14-23/h7-15,26,28,35,37H,6,16H2,1-5H3,(H2,33,34,39)/b32-15-/t26-,28+/m0/s1. The topological polar surface area (TPSA) is 135 Å². The van der Waals surface area contributed by atoms with Gasteiger partial charge in [0.1, 0.15) is 6.61 Å². The van der Waals surface area contributed by atoms with Crippen LogP contribution in [0.15, 0.2) is 64.9 Å². The summed E-state index contributed by atoms with van der Waals surface area (Å²) >= 11 is 6.17. The lowest BCUT2D eigenvalue weighted by molar-refractivity contribution is -0.136. The second kappa shape index (κ2) is 13.5. The van der Waals surface area contributed by atoms with Gasteiger partial charge in [0.2, 0.25) is 0 Å². The number of aliphatic hydroxyl groups excluding tert-OH is 1. The number of halogens is 1. The van der Waals surface area contributed by atoms with Gasteiger partial charge in [-0.3, -0.25) is 5.43 Å². The van der Waals surface area contributed by atoms with Gasteiger partial charge < -0.3 is 34.5 Å². The molecule has 222 valence electrons. The van der Waals surface area contributed by atoms with Crippen LogP contribution in [0.25, 0.3) is 5.69 Å². The number of aryl methyl sites for hydroxylation is 1. The van der Waals surface area contributed by atoms with E-state index in [1.54, 1.807) is 31.3 Å². The van der Waals surface area contributed by atoms with E-state index in [1.807, 2.05) is 51.1 Å². The lowest BCUT2D eigenvalue weighted by Gasteiger charge is -2.28. The number of allylic oxidation sites excluding steroid dienone is 1. The third-order valence-electron chi connectivity index (χ3n) is 6.64. The number of hydrazone groups is 1. The van der Waals surface area contributed by atoms with E-state index in [1.165, 1.54) is 7.11 Å². The van der Waals surface area contributed by atoms with E-state index >= 15 is 0 Å². The third-order valence-corrected chi connectivity index (χ3v) is 6.87. The van der Waals surface area contributed by atoms with Crippen LogP contribution in [0.4, 0.5) is 4.79 Å². The first-order valence-corrected chi connectivity index (χ1v) is 13.7. The minimum atomic E-state index is -1.12. The average Bonchev–Trinajstić information content (AvgIpc) is 3.24. The molecule has 0 spiro atoms. The number of aromatic nitrogens is 1. The van der Waals surface area contributed by atoms with Gasteiger partial charge in [0.15, 0.2) is 17.7 Å². The fourth-order valence-corrected chi connectivity index (χ4v) is 4.93. The number of methoxy groups -OCH3 is 1. The molecule has 0 bridgehead atoms. The SMILES string of the molecule is CCOc1cc([C@H]2NC(=O)NC(C)=C2C(=O)OC)ccc1OC[C@H](O)N/N=C\c1cc(C)n(-c2cccc(Cl)c2)c1C. The summed E-state index contributed by atoms with van der Waals surface area (Å²) in [5.74, 6) is 0.189. The summed E-state index contributed by atoms with van der Waals surface area (Å²) in [6.45, 7) is 7.64. The van der Waals surface area contributed by atoms with E-state index in [0.717, 1.165) is 22.6 Å². The molecule has 3 aromatic rings. The molecule has 4 N–H and O–H groups in total. The molecule has 2 atom stereocenters. The van der Waals surface area contributed by atoms with Crippen LogP contribution in [0.2, 0.25) is 5.02 Å². The van der Waals surface area contributed by atoms with Crippen molar-refractivity contribution in [3.05, 3.63) is 87.3 Å². The Bertz CT molecular complexity index is 1530. The van der Waals surface area contributed by atoms with Crippen LogP contribution in [0.3, 0.4) is 0 Å². The van der Waals surface area contributed by atoms with Gasteiger partial charge in [-0.1, -0.05) is 23.7 Å². The van der Waals surface area contributed by atoms with Crippen molar-refractivity contribution in [1.82, 2.24) is 20.6 Å². The van der Waals surface area contributed by atoms with Crippen molar-refractivity contribution in [2.45, 2.75) is 40.0 Å². The lowest BCUT2D eigenvalue weighted by atomic mass is 9.95. The number of nitrogens with zero attached hydrogens (tertiary/aromatic N) is 2. The van der Waals surface area contributed by atoms with Crippen LogP contribution in [0.5, 0.6) is 11.5 Å². The van der Waals surface area contributed by atoms with E-state index in [-0.39, 0.29) is 12.2 Å². The van der Waals surface area contributed by atoms with E-state index in [4.69, 9.17) is 25.8 Å². The molecule has 0 fully saturated rings. The number of hydrogen-bond acceptors (Lipinski definition) is 8. The molecule has 12 heteroatoms. The van der Waals surface area contributed by atoms with Crippen molar-refractivity contribution in [3.8, 4) is 17.2 Å². The van der Waals surface area contributed by atoms with Crippen LogP contribution in [0, 0.1) is 13.8 Å². The summed E-state index contributed by atoms with van der Waals surface area (Å²) in [5, 5.41) is 20.6. The molecule has 0 saturated heterocycles. The zero-order valence-electron chi connectivity index (χ0n) is 24.0. The highest BCUT2D eigenvalue weighted by Crippen LogP contribution is 2.35. The molecule has 0 unspecified atom stereocenters. The number of rotatable bonds is 11. The minimum Gasteiger partial charge on any atom is -0.490 e. The normalized spacial score (nSPS) is 15.7. The van der Waals surface area contributed by atoms with Crippen LogP contribution in [-0.4, -0.2) is 54.4 Å². The van der Waals surface area contributed by atoms with Crippen molar-refractivity contribution in [2.24, 2.45) is 5.10 Å². The summed E-state index contributed by atoms with van der Waals surface area (Å²) in [7, 11) is 1.28. The van der Waals surface area contributed by atoms with Gasteiger partial charge in [-0.25, -0.2) is 9.59 Å². The van der Waals surface area contributed by atoms with Crippen molar-refractivity contribution < 1.29 is 28.9 Å². The maximum Gasteiger partial charge on any atom is 0.337 e. The summed E-state index contributed by atoms with van der Waals surface area (Å²) in [4.78, 5) is 24.6. The molecule has 0 radical (unpaired) electrons. The second-order valence-corrected chi connectivity index (χ2v) is 9.99. The molecule has 11 nitrogen and oxygen atoms in total. The second-order valence-electron chi connectivity index (χ2n) is 9.56. The Labute approximate surface area is 249 Å². The summed E-state index contributed by atoms with van der Waals surface area (Å²) in [5.41, 5.74) is 7.75. The largest absolute Gasteiger partial charge is 0.490 e. The van der Waals surface area contributed by atoms with Gasteiger partial charge in [0.05, 0.1) is 31.5 Å². The predicted octanol–water partition coefficient (Wildman–Crippen LogP) is 4.27. The van der Waals surface area contributed by atoms with Crippen LogP contribution < -0.4 is 25.5 Å². The van der Waals surface area contributed by atoms with Crippen molar-refractivity contribution >= 4 is 29.8 Å². The maximum atomic E-state index is 12.4. The highest BCUT2D eigenvalue weighted by atomic mass is 35.5. The first-order valence-electron chi connectivity index (χ1n) is 13.3. The van der Waals surface area contributed by atoms with Crippen LogP contribution in [-0.2, 0) is 9.53 Å². The Balaban J connectivity index is 1.43. The fraction of sp³-hybridized carbons (Fsp3) is 0.300. The molecule has 2 aromatic carbocycles. The molecule has 1 aromatic heterocycles. The molecular formula is C30H34ClN5O6. The van der Waals surface area contributed by atoms with E-state index in [2.05, 4.69) is 25.7 Å². The number of benzene rings is 2. The molecule has 2 amide bonds. The Morgan fingerprint density at radius 1 is 1.17 bits per heavy atom. The molecule has 4 rings (SSSR count). The number of nitrogens with one attached hydrogen (secondary N) is 3.